The Morgan fingerprint density at radius 1 is 1.06 bits per heavy atom. The molecule has 31 heavy (non-hydrogen) atoms. The molecule has 0 atom stereocenters. The predicted octanol–water partition coefficient (Wildman–Crippen LogP) is 3.99. The minimum atomic E-state index is -0.0481. The van der Waals surface area contributed by atoms with Crippen LogP contribution in [0.25, 0.3) is 0 Å². The number of likely N-dealkylation sites (tertiary alicyclic amines) is 1. The number of benzene rings is 2. The lowest BCUT2D eigenvalue weighted by molar-refractivity contribution is -0.134. The molecule has 1 heterocycles. The monoisotopic (exact) mass is 444 g/mol. The Morgan fingerprint density at radius 3 is 2.48 bits per heavy atom. The van der Waals surface area contributed by atoms with Crippen molar-refractivity contribution < 1.29 is 19.1 Å². The van der Waals surface area contributed by atoms with E-state index in [-0.39, 0.29) is 24.5 Å². The molecule has 1 N–H and O–H groups in total. The number of rotatable bonds is 9. The number of aryl methyl sites for hydroxylation is 1. The van der Waals surface area contributed by atoms with E-state index >= 15 is 0 Å². The first-order valence-corrected chi connectivity index (χ1v) is 11.0. The van der Waals surface area contributed by atoms with Crippen LogP contribution in [0.4, 0.5) is 0 Å². The highest BCUT2D eigenvalue weighted by atomic mass is 35.5. The summed E-state index contributed by atoms with van der Waals surface area (Å²) in [7, 11) is 0. The maximum atomic E-state index is 12.4. The molecule has 2 amide bonds. The number of piperidine rings is 1. The maximum Gasteiger partial charge on any atom is 0.260 e. The van der Waals surface area contributed by atoms with E-state index in [2.05, 4.69) is 5.32 Å². The van der Waals surface area contributed by atoms with Crippen LogP contribution in [0.5, 0.6) is 11.5 Å². The largest absolute Gasteiger partial charge is 0.493 e. The van der Waals surface area contributed by atoms with Crippen LogP contribution in [-0.4, -0.2) is 49.1 Å². The van der Waals surface area contributed by atoms with Crippen molar-refractivity contribution in [1.29, 1.82) is 0 Å². The molecular formula is C24H29ClN2O4. The summed E-state index contributed by atoms with van der Waals surface area (Å²) in [5.41, 5.74) is 1.09. The summed E-state index contributed by atoms with van der Waals surface area (Å²) >= 11 is 5.85. The molecule has 3 rings (SSSR count). The molecule has 2 aromatic rings. The van der Waals surface area contributed by atoms with Gasteiger partial charge in [0.2, 0.25) is 5.91 Å². The second-order valence-corrected chi connectivity index (χ2v) is 8.12. The van der Waals surface area contributed by atoms with E-state index in [9.17, 15) is 9.59 Å². The number of nitrogens with zero attached hydrogens (tertiary/aromatic N) is 1. The van der Waals surface area contributed by atoms with Gasteiger partial charge in [-0.1, -0.05) is 29.8 Å². The van der Waals surface area contributed by atoms with Crippen LogP contribution in [-0.2, 0) is 9.59 Å². The number of ether oxygens (including phenoxy) is 2. The summed E-state index contributed by atoms with van der Waals surface area (Å²) in [6, 6.07) is 14.9. The van der Waals surface area contributed by atoms with Crippen molar-refractivity contribution in [1.82, 2.24) is 10.2 Å². The molecule has 7 heteroatoms. The van der Waals surface area contributed by atoms with E-state index in [1.165, 1.54) is 0 Å². The van der Waals surface area contributed by atoms with Gasteiger partial charge < -0.3 is 19.7 Å². The van der Waals surface area contributed by atoms with E-state index in [1.54, 1.807) is 29.2 Å². The molecule has 0 radical (unpaired) electrons. The molecule has 0 spiro atoms. The minimum absolute atomic E-state index is 0.000450. The fourth-order valence-corrected chi connectivity index (χ4v) is 3.60. The Hall–Kier alpha value is -2.73. The minimum Gasteiger partial charge on any atom is -0.493 e. The number of nitrogens with one attached hydrogen (secondary N) is 1. The van der Waals surface area contributed by atoms with Gasteiger partial charge in [0.05, 0.1) is 6.61 Å². The van der Waals surface area contributed by atoms with Crippen LogP contribution in [0.2, 0.25) is 5.02 Å². The summed E-state index contributed by atoms with van der Waals surface area (Å²) < 4.78 is 11.3. The normalized spacial score (nSPS) is 14.2. The first kappa shape index (κ1) is 22.9. The number of carbonyl (C=O) groups is 2. The van der Waals surface area contributed by atoms with E-state index in [0.717, 1.165) is 24.2 Å². The molecule has 0 aromatic heterocycles. The Kier molecular flexibility index (Phi) is 8.59. The zero-order valence-corrected chi connectivity index (χ0v) is 18.6. The predicted molar refractivity (Wildman–Crippen MR) is 121 cm³/mol. The summed E-state index contributed by atoms with van der Waals surface area (Å²) in [4.78, 5) is 26.4. The lowest BCUT2D eigenvalue weighted by Gasteiger charge is -2.32. The van der Waals surface area contributed by atoms with Gasteiger partial charge in [-0.2, -0.15) is 0 Å². The van der Waals surface area contributed by atoms with Crippen LogP contribution >= 0.6 is 11.6 Å². The Morgan fingerprint density at radius 2 is 1.77 bits per heavy atom. The standard InChI is InChI=1S/C24H29ClN2O4/c1-18-5-2-3-6-22(18)30-16-4-7-23(28)26-20-12-14-27(15-13-20)24(29)17-31-21-10-8-19(25)9-11-21/h2-3,5-6,8-11,20H,4,7,12-17H2,1H3,(H,26,28). The summed E-state index contributed by atoms with van der Waals surface area (Å²) in [5.74, 6) is 1.46. The van der Waals surface area contributed by atoms with Crippen LogP contribution in [0.3, 0.4) is 0 Å². The van der Waals surface area contributed by atoms with E-state index in [0.29, 0.717) is 43.3 Å². The zero-order chi connectivity index (χ0) is 22.1. The molecule has 1 aliphatic heterocycles. The van der Waals surface area contributed by atoms with Gasteiger partial charge in [0.25, 0.3) is 5.91 Å². The summed E-state index contributed by atoms with van der Waals surface area (Å²) in [6.45, 7) is 3.75. The molecule has 0 saturated carbocycles. The number of para-hydroxylation sites is 1. The molecule has 1 saturated heterocycles. The molecule has 0 bridgehead atoms. The number of halogens is 1. The van der Waals surface area contributed by atoms with Crippen molar-refractivity contribution in [2.24, 2.45) is 0 Å². The third-order valence-corrected chi connectivity index (χ3v) is 5.54. The van der Waals surface area contributed by atoms with Gasteiger partial charge >= 0.3 is 0 Å². The average Bonchev–Trinajstić information content (AvgIpc) is 2.78. The van der Waals surface area contributed by atoms with Crippen molar-refractivity contribution in [3.8, 4) is 11.5 Å². The lowest BCUT2D eigenvalue weighted by atomic mass is 10.0. The quantitative estimate of drug-likeness (QED) is 0.594. The van der Waals surface area contributed by atoms with Crippen LogP contribution in [0.1, 0.15) is 31.2 Å². The second-order valence-electron chi connectivity index (χ2n) is 7.68. The van der Waals surface area contributed by atoms with Crippen molar-refractivity contribution in [2.75, 3.05) is 26.3 Å². The summed E-state index contributed by atoms with van der Waals surface area (Å²) in [6.07, 6.45) is 2.59. The molecule has 2 aromatic carbocycles. The third kappa shape index (κ3) is 7.47. The lowest BCUT2D eigenvalue weighted by Crippen LogP contribution is -2.47. The molecule has 166 valence electrons. The van der Waals surface area contributed by atoms with E-state index in [1.807, 2.05) is 31.2 Å². The second kappa shape index (κ2) is 11.6. The highest BCUT2D eigenvalue weighted by Gasteiger charge is 2.24. The SMILES string of the molecule is Cc1ccccc1OCCCC(=O)NC1CCN(C(=O)COc2ccc(Cl)cc2)CC1. The average molecular weight is 445 g/mol. The fraction of sp³-hybridized carbons (Fsp3) is 0.417. The highest BCUT2D eigenvalue weighted by Crippen LogP contribution is 2.17. The van der Waals surface area contributed by atoms with E-state index < -0.39 is 0 Å². The molecule has 1 aliphatic rings. The maximum absolute atomic E-state index is 12.4. The number of amides is 2. The smallest absolute Gasteiger partial charge is 0.260 e. The highest BCUT2D eigenvalue weighted by molar-refractivity contribution is 6.30. The van der Waals surface area contributed by atoms with Gasteiger partial charge in [-0.3, -0.25) is 9.59 Å². The van der Waals surface area contributed by atoms with Crippen molar-refractivity contribution in [2.45, 2.75) is 38.6 Å². The Labute approximate surface area is 188 Å². The van der Waals surface area contributed by atoms with Gasteiger partial charge in [-0.25, -0.2) is 0 Å². The molecule has 0 aliphatic carbocycles. The first-order chi connectivity index (χ1) is 15.0. The topological polar surface area (TPSA) is 67.9 Å². The third-order valence-electron chi connectivity index (χ3n) is 5.29. The molecule has 1 fully saturated rings. The molecule has 0 unspecified atom stereocenters. The van der Waals surface area contributed by atoms with Crippen LogP contribution in [0, 0.1) is 6.92 Å². The van der Waals surface area contributed by atoms with Gasteiger partial charge in [0.15, 0.2) is 6.61 Å². The van der Waals surface area contributed by atoms with Crippen LogP contribution < -0.4 is 14.8 Å². The first-order valence-electron chi connectivity index (χ1n) is 10.6. The summed E-state index contributed by atoms with van der Waals surface area (Å²) in [5, 5.41) is 3.70. The molecular weight excluding hydrogens is 416 g/mol. The number of carbonyl (C=O) groups excluding carboxylic acids is 2. The van der Waals surface area contributed by atoms with Gasteiger partial charge in [0, 0.05) is 30.6 Å². The van der Waals surface area contributed by atoms with Crippen molar-refractivity contribution in [3.63, 3.8) is 0 Å². The zero-order valence-electron chi connectivity index (χ0n) is 17.8. The van der Waals surface area contributed by atoms with Crippen LogP contribution in [0.15, 0.2) is 48.5 Å². The van der Waals surface area contributed by atoms with E-state index in [4.69, 9.17) is 21.1 Å². The van der Waals surface area contributed by atoms with Gasteiger partial charge in [-0.15, -0.1) is 0 Å². The van der Waals surface area contributed by atoms with Gasteiger partial charge in [0.1, 0.15) is 11.5 Å². The van der Waals surface area contributed by atoms with Gasteiger partial charge in [-0.05, 0) is 62.1 Å². The number of hydrogen-bond acceptors (Lipinski definition) is 4. The molecule has 6 nitrogen and oxygen atoms in total. The number of hydrogen-bond donors (Lipinski definition) is 1. The van der Waals surface area contributed by atoms with Crippen molar-refractivity contribution in [3.05, 3.63) is 59.1 Å². The Bertz CT molecular complexity index is 864. The Balaban J connectivity index is 1.29. The van der Waals surface area contributed by atoms with Crippen molar-refractivity contribution >= 4 is 23.4 Å². The fourth-order valence-electron chi connectivity index (χ4n) is 3.47.